The Bertz CT molecular complexity index is 1090. The Balaban J connectivity index is 2.54. The van der Waals surface area contributed by atoms with Gasteiger partial charge in [0.05, 0.1) is 27.1 Å². The van der Waals surface area contributed by atoms with E-state index in [0.717, 1.165) is 23.8 Å². The van der Waals surface area contributed by atoms with Crippen LogP contribution in [0.3, 0.4) is 0 Å². The number of nitro benzene ring substituents is 1. The Labute approximate surface area is 156 Å². The van der Waals surface area contributed by atoms with Crippen molar-refractivity contribution in [3.8, 4) is 0 Å². The van der Waals surface area contributed by atoms with Crippen LogP contribution in [-0.4, -0.2) is 39.2 Å². The zero-order chi connectivity index (χ0) is 20.2. The number of hydrogen-bond acceptors (Lipinski definition) is 7. The number of benzene rings is 2. The molecular weight excluding hydrogens is 394 g/mol. The van der Waals surface area contributed by atoms with E-state index in [9.17, 15) is 26.9 Å². The minimum atomic E-state index is -4.51. The molecule has 0 atom stereocenters. The first-order chi connectivity index (χ1) is 12.6. The molecule has 10 heteroatoms. The van der Waals surface area contributed by atoms with Crippen molar-refractivity contribution in [2.24, 2.45) is 0 Å². The summed E-state index contributed by atoms with van der Waals surface area (Å²) in [6.07, 6.45) is 0.831. The minimum Gasteiger partial charge on any atom is -0.392 e. The fraction of sp³-hybridized carbons (Fsp3) is 0.176. The van der Waals surface area contributed by atoms with Crippen molar-refractivity contribution in [2.75, 3.05) is 12.4 Å². The average Bonchev–Trinajstić information content (AvgIpc) is 2.61. The van der Waals surface area contributed by atoms with Gasteiger partial charge in [0.15, 0.2) is 9.84 Å². The predicted molar refractivity (Wildman–Crippen MR) is 98.7 cm³/mol. The van der Waals surface area contributed by atoms with E-state index in [0.29, 0.717) is 0 Å². The molecule has 0 saturated heterocycles. The number of nitro groups is 1. The van der Waals surface area contributed by atoms with E-state index < -0.39 is 52.4 Å². The smallest absolute Gasteiger partial charge is 0.288 e. The summed E-state index contributed by atoms with van der Waals surface area (Å²) in [5.74, 6) is -0.926. The highest BCUT2D eigenvalue weighted by atomic mass is 32.2. The van der Waals surface area contributed by atoms with E-state index in [4.69, 9.17) is 5.11 Å². The van der Waals surface area contributed by atoms with Crippen molar-refractivity contribution in [1.82, 2.24) is 0 Å². The van der Waals surface area contributed by atoms with Crippen molar-refractivity contribution < 1.29 is 26.9 Å². The van der Waals surface area contributed by atoms with Crippen molar-refractivity contribution in [3.05, 3.63) is 75.2 Å². The Kier molecular flexibility index (Phi) is 6.14. The maximum Gasteiger partial charge on any atom is 0.288 e. The lowest BCUT2D eigenvalue weighted by Gasteiger charge is -2.11. The molecule has 27 heavy (non-hydrogen) atoms. The summed E-state index contributed by atoms with van der Waals surface area (Å²) >= 11 is 0. The summed E-state index contributed by atoms with van der Waals surface area (Å²) in [7, 11) is -8.56. The minimum absolute atomic E-state index is 0.0882. The van der Waals surface area contributed by atoms with E-state index in [-0.39, 0.29) is 4.90 Å². The van der Waals surface area contributed by atoms with Crippen LogP contribution in [0.1, 0.15) is 5.56 Å². The zero-order valence-electron chi connectivity index (χ0n) is 14.3. The highest BCUT2D eigenvalue weighted by Crippen LogP contribution is 2.30. The monoisotopic (exact) mass is 411 g/mol. The lowest BCUT2D eigenvalue weighted by Crippen LogP contribution is -2.17. The van der Waals surface area contributed by atoms with E-state index in [1.807, 2.05) is 0 Å². The lowest BCUT2D eigenvalue weighted by atomic mass is 10.2. The van der Waals surface area contributed by atoms with Gasteiger partial charge in [0, 0.05) is 6.07 Å². The van der Waals surface area contributed by atoms with Crippen LogP contribution in [0.25, 0.3) is 0 Å². The molecule has 8 nitrogen and oxygen atoms in total. The van der Waals surface area contributed by atoms with Gasteiger partial charge in [-0.15, -0.1) is 0 Å². The third kappa shape index (κ3) is 4.59. The molecule has 144 valence electrons. The second-order valence-electron chi connectivity index (χ2n) is 5.65. The van der Waals surface area contributed by atoms with Gasteiger partial charge in [0.2, 0.25) is 9.84 Å². The Morgan fingerprint density at radius 2 is 1.67 bits per heavy atom. The molecule has 0 aliphatic carbocycles. The van der Waals surface area contributed by atoms with Crippen molar-refractivity contribution in [1.29, 1.82) is 0 Å². The molecule has 0 spiro atoms. The Morgan fingerprint density at radius 1 is 1.07 bits per heavy atom. The van der Waals surface area contributed by atoms with Gasteiger partial charge >= 0.3 is 0 Å². The van der Waals surface area contributed by atoms with Gasteiger partial charge in [-0.3, -0.25) is 10.1 Å². The van der Waals surface area contributed by atoms with Crippen LogP contribution in [0, 0.1) is 17.0 Å². The first-order valence-electron chi connectivity index (χ1n) is 7.67. The van der Waals surface area contributed by atoms with E-state index in [1.165, 1.54) is 24.3 Å². The normalized spacial score (nSPS) is 12.7. The van der Waals surface area contributed by atoms with Gasteiger partial charge in [-0.25, -0.2) is 16.8 Å². The van der Waals surface area contributed by atoms with Gasteiger partial charge in [-0.1, -0.05) is 29.8 Å². The van der Waals surface area contributed by atoms with E-state index in [1.54, 1.807) is 19.1 Å². The molecule has 0 aliphatic rings. The number of hydrogen-bond donors (Lipinski definition) is 1. The summed E-state index contributed by atoms with van der Waals surface area (Å²) in [5.41, 5.74) is 0.154. The van der Waals surface area contributed by atoms with Crippen LogP contribution >= 0.6 is 0 Å². The van der Waals surface area contributed by atoms with Gasteiger partial charge in [0.1, 0.15) is 4.90 Å². The largest absolute Gasteiger partial charge is 0.392 e. The SMILES string of the molecule is Cc1ccc(S(=O)(=O)CC(=CCO)S(=O)(=O)c2ccccc2[N+](=O)[O-])cc1. The number of nitrogens with zero attached hydrogens (tertiary/aromatic N) is 1. The molecule has 0 amide bonds. The number of aryl methyl sites for hydroxylation is 1. The molecule has 0 aromatic heterocycles. The molecule has 2 aromatic carbocycles. The molecule has 0 radical (unpaired) electrons. The highest BCUT2D eigenvalue weighted by Gasteiger charge is 2.32. The Morgan fingerprint density at radius 3 is 2.22 bits per heavy atom. The molecule has 2 aromatic rings. The zero-order valence-corrected chi connectivity index (χ0v) is 15.9. The number of sulfone groups is 2. The standard InChI is InChI=1S/C17H17NO7S2/c1-13-6-8-14(9-7-13)26(22,23)12-15(10-11-19)27(24,25)17-5-3-2-4-16(17)18(20)21/h2-10,19H,11-12H2,1H3. The van der Waals surface area contributed by atoms with Crippen LogP contribution in [-0.2, 0) is 19.7 Å². The quantitative estimate of drug-likeness (QED) is 0.544. The average molecular weight is 411 g/mol. The maximum absolute atomic E-state index is 12.9. The number of para-hydroxylation sites is 1. The summed E-state index contributed by atoms with van der Waals surface area (Å²) in [6.45, 7) is 1.03. The van der Waals surface area contributed by atoms with E-state index >= 15 is 0 Å². The molecule has 0 bridgehead atoms. The third-order valence-corrected chi connectivity index (χ3v) is 7.52. The maximum atomic E-state index is 12.9. The van der Waals surface area contributed by atoms with Crippen LogP contribution in [0.15, 0.2) is 69.3 Å². The number of aliphatic hydroxyl groups is 1. The molecule has 1 N–H and O–H groups in total. The van der Waals surface area contributed by atoms with Crippen LogP contribution in [0.5, 0.6) is 0 Å². The summed E-state index contributed by atoms with van der Waals surface area (Å²) in [6, 6.07) is 10.5. The van der Waals surface area contributed by atoms with Crippen molar-refractivity contribution in [2.45, 2.75) is 16.7 Å². The number of rotatable bonds is 7. The fourth-order valence-electron chi connectivity index (χ4n) is 2.34. The molecule has 0 unspecified atom stereocenters. The molecule has 0 saturated carbocycles. The lowest BCUT2D eigenvalue weighted by molar-refractivity contribution is -0.387. The van der Waals surface area contributed by atoms with E-state index in [2.05, 4.69) is 0 Å². The van der Waals surface area contributed by atoms with Crippen molar-refractivity contribution >= 4 is 25.4 Å². The molecule has 0 fully saturated rings. The second-order valence-corrected chi connectivity index (χ2v) is 9.61. The summed E-state index contributed by atoms with van der Waals surface area (Å²) in [5, 5.41) is 20.3. The molecule has 2 rings (SSSR count). The van der Waals surface area contributed by atoms with Crippen LogP contribution in [0.2, 0.25) is 0 Å². The fourth-order valence-corrected chi connectivity index (χ4v) is 5.89. The summed E-state index contributed by atoms with van der Waals surface area (Å²) in [4.78, 5) is 8.93. The van der Waals surface area contributed by atoms with Gasteiger partial charge in [-0.05, 0) is 31.2 Å². The summed E-state index contributed by atoms with van der Waals surface area (Å²) < 4.78 is 50.9. The van der Waals surface area contributed by atoms with Gasteiger partial charge in [-0.2, -0.15) is 0 Å². The molecular formula is C17H17NO7S2. The Hall–Kier alpha value is -2.56. The predicted octanol–water partition coefficient (Wildman–Crippen LogP) is 2.03. The van der Waals surface area contributed by atoms with Crippen LogP contribution in [0.4, 0.5) is 5.69 Å². The topological polar surface area (TPSA) is 132 Å². The molecule has 0 heterocycles. The van der Waals surface area contributed by atoms with Gasteiger partial charge in [0.25, 0.3) is 5.69 Å². The molecule has 0 aliphatic heterocycles. The first-order valence-corrected chi connectivity index (χ1v) is 10.8. The van der Waals surface area contributed by atoms with Crippen LogP contribution < -0.4 is 0 Å². The number of aliphatic hydroxyl groups excluding tert-OH is 1. The first kappa shape index (κ1) is 20.7. The third-order valence-electron chi connectivity index (χ3n) is 3.73. The highest BCUT2D eigenvalue weighted by molar-refractivity contribution is 7.98. The van der Waals surface area contributed by atoms with Gasteiger partial charge < -0.3 is 5.11 Å². The second kappa shape index (κ2) is 7.99. The van der Waals surface area contributed by atoms with Crippen molar-refractivity contribution in [3.63, 3.8) is 0 Å².